The summed E-state index contributed by atoms with van der Waals surface area (Å²) in [4.78, 5) is 72.9. The number of hydrogen-bond donors (Lipinski definition) is 3. The lowest BCUT2D eigenvalue weighted by Crippen LogP contribution is -2.30. The highest BCUT2D eigenvalue weighted by molar-refractivity contribution is 7.47. The fourth-order valence-corrected chi connectivity index (χ4v) is 13.5. The van der Waals surface area contributed by atoms with E-state index in [1.165, 1.54) is 212 Å². The fraction of sp³-hybridized carbons (Fsp3) is 0.949. The second-order valence-corrected chi connectivity index (χ2v) is 32.2. The number of phosphoric acid groups is 2. The highest BCUT2D eigenvalue weighted by Gasteiger charge is 2.30. The summed E-state index contributed by atoms with van der Waals surface area (Å²) in [6.45, 7) is 11.9. The molecule has 0 aromatic carbocycles. The van der Waals surface area contributed by atoms with Gasteiger partial charge in [0.2, 0.25) is 0 Å². The SMILES string of the molecule is CCCCCCCCCCCCCCCCCCCC(=O)O[C@H](COC(=O)CCCCCCCCCCCCCCCC(C)C)COP(=O)(O)OC[C@@H](O)COP(=O)(O)OC[C@@H](COC(=O)CCCCCCCCCCC(C)CC)OC(=O)CCCCCCCCCCCC(C)C. The van der Waals surface area contributed by atoms with Crippen LogP contribution in [0.5, 0.6) is 0 Å². The van der Waals surface area contributed by atoms with Gasteiger partial charge in [0.25, 0.3) is 0 Å². The summed E-state index contributed by atoms with van der Waals surface area (Å²) in [6, 6.07) is 0. The van der Waals surface area contributed by atoms with Crippen molar-refractivity contribution < 1.29 is 80.2 Å². The van der Waals surface area contributed by atoms with Crippen molar-refractivity contribution >= 4 is 39.5 Å². The van der Waals surface area contributed by atoms with Crippen LogP contribution in [0.4, 0.5) is 0 Å². The topological polar surface area (TPSA) is 237 Å². The van der Waals surface area contributed by atoms with E-state index in [9.17, 15) is 43.2 Å². The van der Waals surface area contributed by atoms with Gasteiger partial charge in [0, 0.05) is 25.7 Å². The molecule has 0 aliphatic rings. The predicted octanol–water partition coefficient (Wildman–Crippen LogP) is 23.0. The summed E-state index contributed by atoms with van der Waals surface area (Å²) in [6.07, 6.45) is 55.4. The van der Waals surface area contributed by atoms with E-state index in [0.717, 1.165) is 108 Å². The minimum absolute atomic E-state index is 0.105. The Balaban J connectivity index is 5.26. The average Bonchev–Trinajstić information content (AvgIpc) is 1.59. The number of phosphoric ester groups is 2. The van der Waals surface area contributed by atoms with Gasteiger partial charge < -0.3 is 33.8 Å². The third kappa shape index (κ3) is 70.9. The molecule has 0 saturated heterocycles. The molecule has 0 saturated carbocycles. The first-order valence-electron chi connectivity index (χ1n) is 40.4. The maximum Gasteiger partial charge on any atom is 0.472 e. The van der Waals surface area contributed by atoms with E-state index < -0.39 is 97.5 Å². The minimum atomic E-state index is -4.96. The molecule has 3 N–H and O–H groups in total. The van der Waals surface area contributed by atoms with E-state index >= 15 is 0 Å². The monoisotopic (exact) mass is 1420 g/mol. The van der Waals surface area contributed by atoms with Crippen molar-refractivity contribution in [2.24, 2.45) is 17.8 Å². The number of rotatable bonds is 76. The van der Waals surface area contributed by atoms with Crippen LogP contribution in [-0.2, 0) is 65.4 Å². The van der Waals surface area contributed by atoms with Crippen LogP contribution in [0.3, 0.4) is 0 Å². The normalized spacial score (nSPS) is 14.3. The van der Waals surface area contributed by atoms with E-state index in [1.807, 2.05) is 0 Å². The molecule has 6 atom stereocenters. The second kappa shape index (κ2) is 68.5. The molecule has 3 unspecified atom stereocenters. The summed E-state index contributed by atoms with van der Waals surface area (Å²) in [7, 11) is -9.92. The van der Waals surface area contributed by atoms with Gasteiger partial charge in [0.05, 0.1) is 26.4 Å². The van der Waals surface area contributed by atoms with Crippen LogP contribution in [0.15, 0.2) is 0 Å². The lowest BCUT2D eigenvalue weighted by Gasteiger charge is -2.21. The number of aliphatic hydroxyl groups is 1. The molecule has 19 heteroatoms. The molecule has 0 amide bonds. The zero-order valence-corrected chi connectivity index (χ0v) is 65.3. The van der Waals surface area contributed by atoms with Crippen molar-refractivity contribution in [2.45, 2.75) is 420 Å². The van der Waals surface area contributed by atoms with E-state index in [4.69, 9.17) is 37.0 Å². The van der Waals surface area contributed by atoms with Gasteiger partial charge in [-0.1, -0.05) is 350 Å². The second-order valence-electron chi connectivity index (χ2n) is 29.3. The van der Waals surface area contributed by atoms with Crippen LogP contribution < -0.4 is 0 Å². The van der Waals surface area contributed by atoms with Crippen molar-refractivity contribution in [2.75, 3.05) is 39.6 Å². The number of ether oxygens (including phenoxy) is 4. The maximum atomic E-state index is 13.1. The largest absolute Gasteiger partial charge is 0.472 e. The Morgan fingerprint density at radius 1 is 0.299 bits per heavy atom. The van der Waals surface area contributed by atoms with Crippen molar-refractivity contribution in [3.63, 3.8) is 0 Å². The van der Waals surface area contributed by atoms with Gasteiger partial charge in [-0.05, 0) is 43.4 Å². The molecule has 0 bridgehead atoms. The molecular formula is C78H152O17P2. The van der Waals surface area contributed by atoms with Crippen molar-refractivity contribution in [3.05, 3.63) is 0 Å². The van der Waals surface area contributed by atoms with Crippen molar-refractivity contribution in [3.8, 4) is 0 Å². The lowest BCUT2D eigenvalue weighted by atomic mass is 9.99. The minimum Gasteiger partial charge on any atom is -0.462 e. The summed E-state index contributed by atoms with van der Waals surface area (Å²) >= 11 is 0. The predicted molar refractivity (Wildman–Crippen MR) is 395 cm³/mol. The molecule has 0 aliphatic heterocycles. The molecule has 0 radical (unpaired) electrons. The van der Waals surface area contributed by atoms with Crippen LogP contribution in [0.1, 0.15) is 402 Å². The van der Waals surface area contributed by atoms with Crippen LogP contribution in [0, 0.1) is 17.8 Å². The molecule has 0 spiro atoms. The number of aliphatic hydroxyl groups excluding tert-OH is 1. The first kappa shape index (κ1) is 95.1. The first-order chi connectivity index (χ1) is 46.8. The molecule has 0 fully saturated rings. The van der Waals surface area contributed by atoms with Gasteiger partial charge >= 0.3 is 39.5 Å². The fourth-order valence-electron chi connectivity index (χ4n) is 11.9. The van der Waals surface area contributed by atoms with Crippen molar-refractivity contribution in [1.29, 1.82) is 0 Å². The molecule has 0 heterocycles. The highest BCUT2D eigenvalue weighted by Crippen LogP contribution is 2.45. The number of carbonyl (C=O) groups is 4. The quantitative estimate of drug-likeness (QED) is 0.0222. The van der Waals surface area contributed by atoms with Crippen LogP contribution in [0.25, 0.3) is 0 Å². The Labute approximate surface area is 594 Å². The zero-order valence-electron chi connectivity index (χ0n) is 63.5. The molecule has 576 valence electrons. The number of carbonyl (C=O) groups excluding carboxylic acids is 4. The summed E-state index contributed by atoms with van der Waals surface area (Å²) in [5.41, 5.74) is 0. The van der Waals surface area contributed by atoms with E-state index in [1.54, 1.807) is 0 Å². The number of unbranched alkanes of at least 4 members (excludes halogenated alkanes) is 43. The molecule has 97 heavy (non-hydrogen) atoms. The molecule has 0 rings (SSSR count). The average molecular weight is 1420 g/mol. The Morgan fingerprint density at radius 3 is 0.784 bits per heavy atom. The van der Waals surface area contributed by atoms with Gasteiger partial charge in [-0.3, -0.25) is 37.3 Å². The van der Waals surface area contributed by atoms with Gasteiger partial charge in [-0.15, -0.1) is 0 Å². The highest BCUT2D eigenvalue weighted by atomic mass is 31.2. The lowest BCUT2D eigenvalue weighted by molar-refractivity contribution is -0.161. The third-order valence-electron chi connectivity index (χ3n) is 18.5. The first-order valence-corrected chi connectivity index (χ1v) is 43.4. The Kier molecular flexibility index (Phi) is 67.1. The Bertz CT molecular complexity index is 1890. The van der Waals surface area contributed by atoms with E-state index in [0.29, 0.717) is 25.7 Å². The number of hydrogen-bond acceptors (Lipinski definition) is 15. The van der Waals surface area contributed by atoms with E-state index in [2.05, 4.69) is 48.5 Å². The number of esters is 4. The zero-order chi connectivity index (χ0) is 71.6. The van der Waals surface area contributed by atoms with E-state index in [-0.39, 0.29) is 25.7 Å². The maximum absolute atomic E-state index is 13.1. The van der Waals surface area contributed by atoms with Gasteiger partial charge in [-0.2, -0.15) is 0 Å². The Hall–Kier alpha value is -1.94. The smallest absolute Gasteiger partial charge is 0.462 e. The van der Waals surface area contributed by atoms with Gasteiger partial charge in [0.1, 0.15) is 19.3 Å². The third-order valence-corrected chi connectivity index (χ3v) is 20.4. The Morgan fingerprint density at radius 2 is 0.526 bits per heavy atom. The van der Waals surface area contributed by atoms with Crippen molar-refractivity contribution in [1.82, 2.24) is 0 Å². The summed E-state index contributed by atoms with van der Waals surface area (Å²) < 4.78 is 68.6. The molecular weight excluding hydrogens is 1270 g/mol. The van der Waals surface area contributed by atoms with Crippen LogP contribution in [0.2, 0.25) is 0 Å². The molecule has 17 nitrogen and oxygen atoms in total. The van der Waals surface area contributed by atoms with Crippen LogP contribution in [-0.4, -0.2) is 96.7 Å². The molecule has 0 aliphatic carbocycles. The summed E-state index contributed by atoms with van der Waals surface area (Å²) in [5.74, 6) is 0.190. The standard InChI is InChI=1S/C78H152O17P2/c1-8-10-11-12-13-14-15-16-17-18-19-22-26-31-40-47-54-61-77(82)94-73(65-88-75(80)59-52-45-38-30-25-23-20-21-24-28-35-42-49-56-69(3)4)67-92-96(84,85)90-63-72(79)64-91-97(86,87)93-68-74(95-78(83)62-55-48-41-32-27-29-36-43-50-57-70(5)6)66-89-76(81)60-53-46-39-34-33-37-44-51-58-71(7)9-2/h69-74,79H,8-68H2,1-7H3,(H,84,85)(H,86,87)/t71?,72-,73-,74-/m1/s1. The van der Waals surface area contributed by atoms with Crippen LogP contribution >= 0.6 is 15.6 Å². The summed E-state index contributed by atoms with van der Waals surface area (Å²) in [5, 5.41) is 10.6. The van der Waals surface area contributed by atoms with Gasteiger partial charge in [0.15, 0.2) is 12.2 Å². The molecule has 0 aromatic heterocycles. The van der Waals surface area contributed by atoms with Gasteiger partial charge in [-0.25, -0.2) is 9.13 Å². The molecule has 0 aromatic rings.